The number of oxime groups is 1. The minimum atomic E-state index is -1.46. The number of hydrogen-bond acceptors (Lipinski definition) is 12. The van der Waals surface area contributed by atoms with E-state index in [4.69, 9.17) is 28.5 Å². The van der Waals surface area contributed by atoms with Gasteiger partial charge in [0.05, 0.1) is 49.8 Å². The molecule has 14 nitrogen and oxygen atoms in total. The summed E-state index contributed by atoms with van der Waals surface area (Å²) in [7, 11) is 4.55. The van der Waals surface area contributed by atoms with E-state index < -0.39 is 23.8 Å². The van der Waals surface area contributed by atoms with Crippen molar-refractivity contribution in [2.75, 3.05) is 53.0 Å². The van der Waals surface area contributed by atoms with E-state index in [1.165, 1.54) is 14.2 Å². The topological polar surface area (TPSA) is 181 Å². The Hall–Kier alpha value is -5.88. The number of nitriles is 1. The molecule has 0 aromatic heterocycles. The minimum absolute atomic E-state index is 0.0144. The number of nitrogens with zero attached hydrogens (tertiary/aromatic N) is 3. The van der Waals surface area contributed by atoms with Crippen molar-refractivity contribution in [3.63, 3.8) is 0 Å². The lowest BCUT2D eigenvalue weighted by Gasteiger charge is -2.60. The lowest BCUT2D eigenvalue weighted by atomic mass is 9.55. The summed E-state index contributed by atoms with van der Waals surface area (Å²) in [6.07, 6.45) is 8.34. The van der Waals surface area contributed by atoms with Crippen molar-refractivity contribution >= 4 is 23.4 Å². The fourth-order valence-electron chi connectivity index (χ4n) is 9.46. The van der Waals surface area contributed by atoms with Crippen LogP contribution in [0, 0.1) is 29.1 Å². The summed E-state index contributed by atoms with van der Waals surface area (Å²) >= 11 is 0. The highest BCUT2D eigenvalue weighted by molar-refractivity contribution is 6.03. The van der Waals surface area contributed by atoms with Gasteiger partial charge in [0.1, 0.15) is 36.1 Å². The molecule has 3 N–H and O–H groups in total. The third kappa shape index (κ3) is 9.60. The van der Waals surface area contributed by atoms with E-state index in [0.29, 0.717) is 65.6 Å². The first-order valence-corrected chi connectivity index (χ1v) is 21.3. The predicted octanol–water partition coefficient (Wildman–Crippen LogP) is 8.00. The van der Waals surface area contributed by atoms with Gasteiger partial charge in [0.15, 0.2) is 0 Å². The van der Waals surface area contributed by atoms with E-state index in [1.807, 2.05) is 13.0 Å². The Balaban J connectivity index is 1.53. The highest BCUT2D eigenvalue weighted by Crippen LogP contribution is 2.62. The van der Waals surface area contributed by atoms with Crippen LogP contribution in [0.2, 0.25) is 0 Å². The van der Waals surface area contributed by atoms with Crippen molar-refractivity contribution in [3.8, 4) is 29.1 Å². The third-order valence-electron chi connectivity index (χ3n) is 12.1. The van der Waals surface area contributed by atoms with Crippen LogP contribution in [0.5, 0.6) is 23.0 Å². The van der Waals surface area contributed by atoms with Crippen molar-refractivity contribution in [2.24, 2.45) is 22.9 Å². The molecule has 3 aromatic carbocycles. The van der Waals surface area contributed by atoms with Crippen molar-refractivity contribution in [1.29, 1.82) is 5.26 Å². The second-order valence-corrected chi connectivity index (χ2v) is 15.7. The van der Waals surface area contributed by atoms with Crippen LogP contribution < -0.4 is 24.3 Å². The number of unbranched alkanes of at least 4 members (excludes halogenated alkanes) is 2. The highest BCUT2D eigenvalue weighted by Gasteiger charge is 2.65. The normalized spacial score (nSPS) is 22.8. The summed E-state index contributed by atoms with van der Waals surface area (Å²) in [6.45, 7) is 6.59. The number of carbonyl (C=O) groups excluding carboxylic acids is 2. The number of fused-ring (bicyclic) bond motifs is 2. The SMILES string of the molecule is C=CCOC12Oc3ccc(OC(=O)Nc4ccc(OC)cc4OC)cc3C3C(CCCCO)C(CCCCO)C=C(C(=NOC)CC1N(CCC)C(=O)c1ccc(C#N)cc1)C32. The second kappa shape index (κ2) is 21.3. The van der Waals surface area contributed by atoms with Gasteiger partial charge >= 0.3 is 6.09 Å². The first kappa shape index (κ1) is 45.6. The second-order valence-electron chi connectivity index (χ2n) is 15.7. The first-order chi connectivity index (χ1) is 30.2. The van der Waals surface area contributed by atoms with Crippen molar-refractivity contribution in [3.05, 3.63) is 102 Å². The molecule has 6 atom stereocenters. The molecule has 0 spiro atoms. The van der Waals surface area contributed by atoms with Crippen LogP contribution in [0.15, 0.2) is 90.1 Å². The number of benzene rings is 3. The molecule has 1 fully saturated rings. The summed E-state index contributed by atoms with van der Waals surface area (Å²) in [5, 5.41) is 36.7. The molecule has 330 valence electrons. The number of hydrogen-bond donors (Lipinski definition) is 3. The van der Waals surface area contributed by atoms with Gasteiger partial charge in [-0.15, -0.1) is 6.58 Å². The van der Waals surface area contributed by atoms with E-state index in [2.05, 4.69) is 29.2 Å². The number of aliphatic hydroxyl groups excluding tert-OH is 2. The predicted molar refractivity (Wildman–Crippen MR) is 234 cm³/mol. The number of aliphatic hydroxyl groups is 2. The van der Waals surface area contributed by atoms with Crippen molar-refractivity contribution < 1.29 is 48.3 Å². The third-order valence-corrected chi connectivity index (χ3v) is 12.1. The number of anilines is 1. The first-order valence-electron chi connectivity index (χ1n) is 21.3. The van der Waals surface area contributed by atoms with Crippen LogP contribution >= 0.6 is 0 Å². The van der Waals surface area contributed by atoms with Crippen LogP contribution in [0.3, 0.4) is 0 Å². The lowest BCUT2D eigenvalue weighted by Crippen LogP contribution is -2.70. The molecule has 6 rings (SSSR count). The molecule has 3 aliphatic rings. The number of methoxy groups -OCH3 is 2. The Morgan fingerprint density at radius 3 is 2.40 bits per heavy atom. The zero-order valence-corrected chi connectivity index (χ0v) is 36.0. The Morgan fingerprint density at radius 2 is 1.74 bits per heavy atom. The summed E-state index contributed by atoms with van der Waals surface area (Å²) in [5.74, 6) is -0.852. The maximum Gasteiger partial charge on any atom is 0.417 e. The summed E-state index contributed by atoms with van der Waals surface area (Å²) in [6, 6.07) is 18.3. The largest absolute Gasteiger partial charge is 0.497 e. The quantitative estimate of drug-likeness (QED) is 0.0569. The Labute approximate surface area is 363 Å². The van der Waals surface area contributed by atoms with Gasteiger partial charge in [-0.05, 0) is 104 Å². The Morgan fingerprint density at radius 1 is 1.00 bits per heavy atom. The average Bonchev–Trinajstić information content (AvgIpc) is 3.29. The molecule has 1 aliphatic heterocycles. The van der Waals surface area contributed by atoms with Gasteiger partial charge in [-0.2, -0.15) is 5.26 Å². The van der Waals surface area contributed by atoms with Crippen LogP contribution in [0.4, 0.5) is 10.5 Å². The van der Waals surface area contributed by atoms with Gasteiger partial charge in [0.2, 0.25) is 5.79 Å². The molecule has 2 aliphatic carbocycles. The van der Waals surface area contributed by atoms with Crippen LogP contribution in [0.25, 0.3) is 0 Å². The number of allylic oxidation sites excluding steroid dienone is 1. The molecule has 1 saturated carbocycles. The molecule has 0 saturated heterocycles. The van der Waals surface area contributed by atoms with Gasteiger partial charge in [-0.3, -0.25) is 10.1 Å². The van der Waals surface area contributed by atoms with Crippen LogP contribution in [0.1, 0.15) is 85.7 Å². The standard InChI is InChI=1S/C48H58N4O10/c1-6-22-52(46(55)32-16-14-31(30-49)15-17-32)43-29-40(51-59-5)37-26-33(12-8-10-23-53)36(13-9-11-24-54)44-38-27-35(19-21-41(38)62-48(43,45(37)44)60-25-7-2)61-47(56)50-39-20-18-34(57-3)28-42(39)58-4/h7,14-21,26-28,33,36,43-45,53-54H,2,6,8-13,22-25,29H2,1,3-5H3,(H,50,56). The van der Waals surface area contributed by atoms with Crippen LogP contribution in [-0.4, -0.2) is 92.3 Å². The van der Waals surface area contributed by atoms with Gasteiger partial charge < -0.3 is 43.6 Å². The van der Waals surface area contributed by atoms with E-state index in [1.54, 1.807) is 72.7 Å². The van der Waals surface area contributed by atoms with Gasteiger partial charge in [-0.25, -0.2) is 4.79 Å². The van der Waals surface area contributed by atoms with Crippen molar-refractivity contribution in [1.82, 2.24) is 4.90 Å². The molecule has 6 unspecified atom stereocenters. The number of nitrogens with one attached hydrogen (secondary N) is 1. The number of rotatable bonds is 20. The molecule has 1 heterocycles. The van der Waals surface area contributed by atoms with Crippen molar-refractivity contribution in [2.45, 2.75) is 76.0 Å². The smallest absolute Gasteiger partial charge is 0.417 e. The maximum atomic E-state index is 14.8. The van der Waals surface area contributed by atoms with E-state index in [0.717, 1.165) is 36.8 Å². The minimum Gasteiger partial charge on any atom is -0.497 e. The highest BCUT2D eigenvalue weighted by atomic mass is 16.7. The summed E-state index contributed by atoms with van der Waals surface area (Å²) in [5.41, 5.74) is 3.59. The van der Waals surface area contributed by atoms with Gasteiger partial charge in [0.25, 0.3) is 5.91 Å². The maximum absolute atomic E-state index is 14.8. The zero-order chi connectivity index (χ0) is 44.2. The van der Waals surface area contributed by atoms with E-state index in [9.17, 15) is 25.1 Å². The summed E-state index contributed by atoms with van der Waals surface area (Å²) < 4.78 is 31.0. The molecule has 2 amide bonds. The summed E-state index contributed by atoms with van der Waals surface area (Å²) in [4.78, 5) is 35.7. The fraction of sp³-hybridized carbons (Fsp3) is 0.458. The molecule has 62 heavy (non-hydrogen) atoms. The van der Waals surface area contributed by atoms with Gasteiger partial charge in [0, 0.05) is 49.3 Å². The molecule has 3 aromatic rings. The monoisotopic (exact) mass is 850 g/mol. The number of ether oxygens (including phenoxy) is 5. The molecular formula is C48H58N4O10. The molecule has 14 heteroatoms. The van der Waals surface area contributed by atoms with Crippen LogP contribution in [-0.2, 0) is 9.57 Å². The molecule has 0 bridgehead atoms. The van der Waals surface area contributed by atoms with E-state index >= 15 is 0 Å². The number of carbonyl (C=O) groups is 2. The average molecular weight is 851 g/mol. The number of amides is 2. The Kier molecular flexibility index (Phi) is 15.7. The fourth-order valence-corrected chi connectivity index (χ4v) is 9.46. The Bertz CT molecular complexity index is 2150. The lowest BCUT2D eigenvalue weighted by molar-refractivity contribution is -0.254. The molecular weight excluding hydrogens is 793 g/mol. The van der Waals surface area contributed by atoms with Gasteiger partial charge in [-0.1, -0.05) is 37.1 Å². The molecule has 0 radical (unpaired) electrons. The van der Waals surface area contributed by atoms with E-state index in [-0.39, 0.29) is 55.7 Å². The zero-order valence-electron chi connectivity index (χ0n) is 36.0.